The highest BCUT2D eigenvalue weighted by atomic mass is 79.9. The Hall–Kier alpha value is -2.33. The summed E-state index contributed by atoms with van der Waals surface area (Å²) in [4.78, 5) is 0. The highest BCUT2D eigenvalue weighted by Crippen LogP contribution is 2.33. The molecule has 2 aromatic carbocycles. The van der Waals surface area contributed by atoms with E-state index in [-0.39, 0.29) is 0 Å². The van der Waals surface area contributed by atoms with Gasteiger partial charge in [0.25, 0.3) is 0 Å². The number of benzene rings is 2. The molecular weight excluding hydrogens is 328 g/mol. The summed E-state index contributed by atoms with van der Waals surface area (Å²) >= 11 is 3.41. The molecule has 0 unspecified atom stereocenters. The van der Waals surface area contributed by atoms with Crippen LogP contribution in [-0.4, -0.2) is 9.78 Å². The van der Waals surface area contributed by atoms with Gasteiger partial charge in [-0.15, -0.1) is 0 Å². The Morgan fingerprint density at radius 2 is 1.57 bits per heavy atom. The fraction of sp³-hybridized carbons (Fsp3) is 0. The molecule has 0 radical (unpaired) electrons. The molecule has 21 heavy (non-hydrogen) atoms. The summed E-state index contributed by atoms with van der Waals surface area (Å²) in [5, 5.41) is 4.73. The van der Waals surface area contributed by atoms with E-state index in [1.165, 1.54) is 0 Å². The van der Waals surface area contributed by atoms with Crippen molar-refractivity contribution >= 4 is 27.0 Å². The van der Waals surface area contributed by atoms with Crippen molar-refractivity contribution in [1.82, 2.24) is 9.78 Å². The summed E-state index contributed by atoms with van der Waals surface area (Å²) in [5.41, 5.74) is 4.64. The van der Waals surface area contributed by atoms with Crippen LogP contribution in [0.5, 0.6) is 0 Å². The summed E-state index contributed by atoms with van der Waals surface area (Å²) in [6, 6.07) is 22.1. The molecule has 0 atom stereocenters. The van der Waals surface area contributed by atoms with Crippen LogP contribution in [0.25, 0.3) is 28.0 Å². The van der Waals surface area contributed by atoms with Crippen molar-refractivity contribution in [3.63, 3.8) is 0 Å². The Labute approximate surface area is 129 Å². The molecule has 3 nitrogen and oxygen atoms in total. The van der Waals surface area contributed by atoms with Crippen LogP contribution in [0.4, 0.5) is 0 Å². The molecule has 4 aromatic rings. The van der Waals surface area contributed by atoms with E-state index in [2.05, 4.69) is 15.9 Å². The van der Waals surface area contributed by atoms with E-state index in [9.17, 15) is 0 Å². The molecule has 4 rings (SSSR count). The lowest BCUT2D eigenvalue weighted by molar-refractivity contribution is 0.588. The van der Waals surface area contributed by atoms with Crippen LogP contribution in [0.15, 0.2) is 75.8 Å². The average molecular weight is 339 g/mol. The maximum atomic E-state index is 5.79. The first kappa shape index (κ1) is 12.4. The van der Waals surface area contributed by atoms with Crippen molar-refractivity contribution in [2.24, 2.45) is 0 Å². The highest BCUT2D eigenvalue weighted by Gasteiger charge is 2.17. The van der Waals surface area contributed by atoms with E-state index >= 15 is 0 Å². The maximum absolute atomic E-state index is 5.79. The summed E-state index contributed by atoms with van der Waals surface area (Å²) in [5.74, 6) is 0. The topological polar surface area (TPSA) is 31.0 Å². The van der Waals surface area contributed by atoms with Crippen LogP contribution in [0.3, 0.4) is 0 Å². The fourth-order valence-electron chi connectivity index (χ4n) is 2.43. The Morgan fingerprint density at radius 3 is 2.29 bits per heavy atom. The zero-order valence-corrected chi connectivity index (χ0v) is 12.6. The van der Waals surface area contributed by atoms with Gasteiger partial charge in [-0.3, -0.25) is 0 Å². The molecule has 4 heteroatoms. The number of para-hydroxylation sites is 1. The third-order valence-corrected chi connectivity index (χ3v) is 3.76. The van der Waals surface area contributed by atoms with Gasteiger partial charge in [-0.1, -0.05) is 48.5 Å². The minimum atomic E-state index is 0.705. The van der Waals surface area contributed by atoms with Gasteiger partial charge in [0.15, 0.2) is 10.3 Å². The van der Waals surface area contributed by atoms with Crippen molar-refractivity contribution in [1.29, 1.82) is 0 Å². The van der Waals surface area contributed by atoms with Crippen LogP contribution in [0.2, 0.25) is 0 Å². The molecule has 0 aliphatic rings. The third-order valence-electron chi connectivity index (χ3n) is 3.37. The monoisotopic (exact) mass is 338 g/mol. The predicted molar refractivity (Wildman–Crippen MR) is 86.5 cm³/mol. The lowest BCUT2D eigenvalue weighted by atomic mass is 10.1. The van der Waals surface area contributed by atoms with E-state index < -0.39 is 0 Å². The van der Waals surface area contributed by atoms with Crippen LogP contribution in [0, 0.1) is 0 Å². The molecule has 0 saturated carbocycles. The number of aromatic nitrogens is 2. The maximum Gasteiger partial charge on any atom is 0.182 e. The molecule has 0 N–H and O–H groups in total. The third kappa shape index (κ3) is 2.08. The summed E-state index contributed by atoms with van der Waals surface area (Å²) in [7, 11) is 0. The SMILES string of the molecule is Brc1cc2c(o1)c(-c1ccccc1)nn2-c1ccccc1. The predicted octanol–water partition coefficient (Wildman–Crippen LogP) is 5.05. The molecule has 0 aliphatic carbocycles. The number of halogens is 1. The Kier molecular flexibility index (Phi) is 2.89. The summed E-state index contributed by atoms with van der Waals surface area (Å²) < 4.78 is 8.40. The van der Waals surface area contributed by atoms with Crippen LogP contribution in [0.1, 0.15) is 0 Å². The summed E-state index contributed by atoms with van der Waals surface area (Å²) in [6.45, 7) is 0. The van der Waals surface area contributed by atoms with Crippen molar-refractivity contribution in [3.05, 3.63) is 71.4 Å². The van der Waals surface area contributed by atoms with Crippen LogP contribution < -0.4 is 0 Å². The lowest BCUT2D eigenvalue weighted by Gasteiger charge is -2.01. The molecule has 0 spiro atoms. The lowest BCUT2D eigenvalue weighted by Crippen LogP contribution is -1.95. The second-order valence-electron chi connectivity index (χ2n) is 4.73. The first-order valence-corrected chi connectivity index (χ1v) is 7.41. The first-order chi connectivity index (χ1) is 10.3. The highest BCUT2D eigenvalue weighted by molar-refractivity contribution is 9.10. The minimum Gasteiger partial charge on any atom is -0.445 e. The molecule has 0 aliphatic heterocycles. The molecular formula is C17H11BrN2O. The average Bonchev–Trinajstić information content (AvgIpc) is 3.06. The minimum absolute atomic E-state index is 0.705. The summed E-state index contributed by atoms with van der Waals surface area (Å²) in [6.07, 6.45) is 0. The van der Waals surface area contributed by atoms with Gasteiger partial charge in [0.1, 0.15) is 11.2 Å². The van der Waals surface area contributed by atoms with Crippen LogP contribution in [-0.2, 0) is 0 Å². The Morgan fingerprint density at radius 1 is 0.905 bits per heavy atom. The number of hydrogen-bond acceptors (Lipinski definition) is 2. The molecule has 0 fully saturated rings. The van der Waals surface area contributed by atoms with Crippen molar-refractivity contribution in [2.75, 3.05) is 0 Å². The van der Waals surface area contributed by atoms with Crippen molar-refractivity contribution < 1.29 is 4.42 Å². The number of fused-ring (bicyclic) bond motifs is 1. The van der Waals surface area contributed by atoms with Crippen molar-refractivity contribution in [2.45, 2.75) is 0 Å². The molecule has 102 valence electrons. The van der Waals surface area contributed by atoms with Gasteiger partial charge in [0.05, 0.1) is 5.69 Å². The van der Waals surface area contributed by atoms with Gasteiger partial charge in [0, 0.05) is 11.6 Å². The van der Waals surface area contributed by atoms with Gasteiger partial charge in [0.2, 0.25) is 0 Å². The molecule has 2 heterocycles. The molecule has 0 saturated heterocycles. The van der Waals surface area contributed by atoms with E-state index in [0.29, 0.717) is 4.67 Å². The molecule has 2 aromatic heterocycles. The second kappa shape index (κ2) is 4.90. The molecule has 0 amide bonds. The van der Waals surface area contributed by atoms with Crippen LogP contribution >= 0.6 is 15.9 Å². The standard InChI is InChI=1S/C17H11BrN2O/c18-15-11-14-17(21-15)16(12-7-3-1-4-8-12)19-20(14)13-9-5-2-6-10-13/h1-11H. The quantitative estimate of drug-likeness (QED) is 0.512. The molecule has 0 bridgehead atoms. The number of nitrogens with zero attached hydrogens (tertiary/aromatic N) is 2. The number of rotatable bonds is 2. The second-order valence-corrected chi connectivity index (χ2v) is 5.51. The normalized spacial score (nSPS) is 11.1. The Balaban J connectivity index is 2.01. The zero-order valence-electron chi connectivity index (χ0n) is 11.0. The van der Waals surface area contributed by atoms with Gasteiger partial charge >= 0.3 is 0 Å². The van der Waals surface area contributed by atoms with Gasteiger partial charge in [-0.2, -0.15) is 5.10 Å². The van der Waals surface area contributed by atoms with E-state index in [0.717, 1.165) is 28.0 Å². The van der Waals surface area contributed by atoms with Gasteiger partial charge in [-0.25, -0.2) is 4.68 Å². The van der Waals surface area contributed by atoms with E-state index in [1.54, 1.807) is 0 Å². The van der Waals surface area contributed by atoms with Gasteiger partial charge in [-0.05, 0) is 28.1 Å². The van der Waals surface area contributed by atoms with Gasteiger partial charge < -0.3 is 4.42 Å². The van der Waals surface area contributed by atoms with E-state index in [1.807, 2.05) is 71.4 Å². The van der Waals surface area contributed by atoms with Crippen molar-refractivity contribution in [3.8, 4) is 16.9 Å². The fourth-order valence-corrected chi connectivity index (χ4v) is 2.81. The smallest absolute Gasteiger partial charge is 0.182 e. The first-order valence-electron chi connectivity index (χ1n) is 6.62. The largest absolute Gasteiger partial charge is 0.445 e. The van der Waals surface area contributed by atoms with E-state index in [4.69, 9.17) is 9.52 Å². The number of hydrogen-bond donors (Lipinski definition) is 0. The zero-order chi connectivity index (χ0) is 14.2. The Bertz CT molecular complexity index is 823. The number of furan rings is 1.